The Morgan fingerprint density at radius 2 is 1.77 bits per heavy atom. The van der Waals surface area contributed by atoms with Crippen LogP contribution < -0.4 is 10.1 Å². The zero-order chi connectivity index (χ0) is 24.2. The number of hydrogen-bond donors (Lipinski definition) is 1. The van der Waals surface area contributed by atoms with Crippen molar-refractivity contribution in [3.63, 3.8) is 0 Å². The summed E-state index contributed by atoms with van der Waals surface area (Å²) in [6.45, 7) is 7.46. The van der Waals surface area contributed by atoms with E-state index in [1.807, 2.05) is 50.2 Å². The van der Waals surface area contributed by atoms with Gasteiger partial charge in [0.2, 0.25) is 0 Å². The van der Waals surface area contributed by atoms with Crippen molar-refractivity contribution < 1.29 is 14.1 Å². The van der Waals surface area contributed by atoms with Crippen molar-refractivity contribution in [2.45, 2.75) is 71.4 Å². The first-order chi connectivity index (χ1) is 17.1. The largest absolute Gasteiger partial charge is 0.488 e. The molecule has 1 saturated heterocycles. The third-order valence-electron chi connectivity index (χ3n) is 7.81. The number of nitrogens with zero attached hydrogens (tertiary/aromatic N) is 2. The van der Waals surface area contributed by atoms with Crippen LogP contribution in [0.3, 0.4) is 0 Å². The van der Waals surface area contributed by atoms with E-state index in [2.05, 4.69) is 15.4 Å². The highest BCUT2D eigenvalue weighted by Crippen LogP contribution is 2.29. The maximum absolute atomic E-state index is 13.4. The molecule has 35 heavy (non-hydrogen) atoms. The lowest BCUT2D eigenvalue weighted by Crippen LogP contribution is -2.46. The summed E-state index contributed by atoms with van der Waals surface area (Å²) in [4.78, 5) is 16.0. The minimum atomic E-state index is -0.0600. The number of carbonyl (C=O) groups excluding carboxylic acids is 1. The Morgan fingerprint density at radius 1 is 1.06 bits per heavy atom. The van der Waals surface area contributed by atoms with Gasteiger partial charge in [-0.15, -0.1) is 0 Å². The van der Waals surface area contributed by atoms with E-state index in [-0.39, 0.29) is 11.9 Å². The molecule has 2 heterocycles. The van der Waals surface area contributed by atoms with Crippen LogP contribution >= 0.6 is 0 Å². The summed E-state index contributed by atoms with van der Waals surface area (Å²) < 4.78 is 11.5. The molecule has 5 rings (SSSR count). The first-order valence-electron chi connectivity index (χ1n) is 13.2. The van der Waals surface area contributed by atoms with Crippen molar-refractivity contribution in [2.75, 3.05) is 19.6 Å². The Bertz CT molecular complexity index is 1140. The molecule has 0 bridgehead atoms. The standard InChI is InChI=1S/C29H37N3O3/c1-20-27(21(2)35-31-20)19-34-28-17-24-11-7-6-10-23(24)16-26(28)29(33)30-25-12-14-32(15-13-25)18-22-8-4-3-5-9-22/h6-7,10-11,16-17,22,25H,3-5,8-9,12-15,18-19H2,1-2H3,(H,30,33). The summed E-state index contributed by atoms with van der Waals surface area (Å²) in [5.41, 5.74) is 2.32. The molecule has 1 amide bonds. The van der Waals surface area contributed by atoms with Gasteiger partial charge in [0.1, 0.15) is 18.1 Å². The van der Waals surface area contributed by atoms with Gasteiger partial charge in [0.05, 0.1) is 16.8 Å². The average Bonchev–Trinajstić information content (AvgIpc) is 3.20. The fraction of sp³-hybridized carbons (Fsp3) is 0.517. The monoisotopic (exact) mass is 475 g/mol. The van der Waals surface area contributed by atoms with E-state index in [0.717, 1.165) is 59.6 Å². The average molecular weight is 476 g/mol. The quantitative estimate of drug-likeness (QED) is 0.468. The van der Waals surface area contributed by atoms with E-state index < -0.39 is 0 Å². The summed E-state index contributed by atoms with van der Waals surface area (Å²) in [6, 6.07) is 12.2. The summed E-state index contributed by atoms with van der Waals surface area (Å²) in [5.74, 6) is 2.14. The molecule has 1 aliphatic heterocycles. The van der Waals surface area contributed by atoms with Crippen molar-refractivity contribution in [1.82, 2.24) is 15.4 Å². The van der Waals surface area contributed by atoms with Crippen LogP contribution in [0.2, 0.25) is 0 Å². The molecule has 6 nitrogen and oxygen atoms in total. The topological polar surface area (TPSA) is 67.6 Å². The van der Waals surface area contributed by atoms with Gasteiger partial charge in [-0.25, -0.2) is 0 Å². The van der Waals surface area contributed by atoms with E-state index in [1.165, 1.54) is 38.6 Å². The number of ether oxygens (including phenoxy) is 1. The lowest BCUT2D eigenvalue weighted by atomic mass is 9.88. The molecule has 1 N–H and O–H groups in total. The molecule has 2 aromatic carbocycles. The first kappa shape index (κ1) is 23.9. The van der Waals surface area contributed by atoms with Gasteiger partial charge in [0, 0.05) is 25.7 Å². The zero-order valence-electron chi connectivity index (χ0n) is 21.0. The Hall–Kier alpha value is -2.86. The number of aryl methyl sites for hydroxylation is 2. The molecule has 3 aromatic rings. The number of aromatic nitrogens is 1. The molecule has 0 unspecified atom stereocenters. The molecule has 186 valence electrons. The SMILES string of the molecule is Cc1noc(C)c1COc1cc2ccccc2cc1C(=O)NC1CCN(CC2CCCCC2)CC1. The smallest absolute Gasteiger partial charge is 0.255 e. The fourth-order valence-electron chi connectivity index (χ4n) is 5.63. The van der Waals surface area contributed by atoms with Crippen LogP contribution in [0.25, 0.3) is 10.8 Å². The van der Waals surface area contributed by atoms with Gasteiger partial charge in [-0.2, -0.15) is 0 Å². The normalized spacial score (nSPS) is 18.1. The van der Waals surface area contributed by atoms with E-state index in [9.17, 15) is 4.79 Å². The number of carbonyl (C=O) groups is 1. The molecule has 2 fully saturated rings. The number of amides is 1. The number of nitrogens with one attached hydrogen (secondary N) is 1. The van der Waals surface area contributed by atoms with Crippen LogP contribution in [0.5, 0.6) is 5.75 Å². The first-order valence-corrected chi connectivity index (χ1v) is 13.2. The van der Waals surface area contributed by atoms with Crippen molar-refractivity contribution in [3.05, 3.63) is 59.0 Å². The number of benzene rings is 2. The second-order valence-electron chi connectivity index (χ2n) is 10.3. The maximum Gasteiger partial charge on any atom is 0.255 e. The van der Waals surface area contributed by atoms with Crippen molar-refractivity contribution in [1.29, 1.82) is 0 Å². The van der Waals surface area contributed by atoms with Gasteiger partial charge in [-0.1, -0.05) is 48.7 Å². The molecule has 6 heteroatoms. The number of fused-ring (bicyclic) bond motifs is 1. The number of likely N-dealkylation sites (tertiary alicyclic amines) is 1. The van der Waals surface area contributed by atoms with Crippen molar-refractivity contribution >= 4 is 16.7 Å². The van der Waals surface area contributed by atoms with Gasteiger partial charge in [0.15, 0.2) is 0 Å². The summed E-state index contributed by atoms with van der Waals surface area (Å²) in [7, 11) is 0. The zero-order valence-corrected chi connectivity index (χ0v) is 21.0. The van der Waals surface area contributed by atoms with Gasteiger partial charge >= 0.3 is 0 Å². The van der Waals surface area contributed by atoms with Gasteiger partial charge < -0.3 is 19.5 Å². The lowest BCUT2D eigenvalue weighted by Gasteiger charge is -2.35. The van der Waals surface area contributed by atoms with Gasteiger partial charge in [0.25, 0.3) is 5.91 Å². The number of hydrogen-bond acceptors (Lipinski definition) is 5. The highest BCUT2D eigenvalue weighted by Gasteiger charge is 2.25. The lowest BCUT2D eigenvalue weighted by molar-refractivity contribution is 0.0897. The molecule has 0 spiro atoms. The maximum atomic E-state index is 13.4. The molecule has 1 aromatic heterocycles. The van der Waals surface area contributed by atoms with E-state index >= 15 is 0 Å². The Labute approximate surface area is 208 Å². The predicted octanol–water partition coefficient (Wildman–Crippen LogP) is 5.80. The summed E-state index contributed by atoms with van der Waals surface area (Å²) in [5, 5.41) is 9.40. The van der Waals surface area contributed by atoms with E-state index in [0.29, 0.717) is 17.9 Å². The Morgan fingerprint density at radius 3 is 2.46 bits per heavy atom. The Kier molecular flexibility index (Phi) is 7.37. The molecule has 2 aliphatic rings. The second-order valence-corrected chi connectivity index (χ2v) is 10.3. The van der Waals surface area contributed by atoms with Crippen LogP contribution in [0.4, 0.5) is 0 Å². The minimum absolute atomic E-state index is 0.0600. The third-order valence-corrected chi connectivity index (χ3v) is 7.81. The number of rotatable bonds is 7. The molecule has 1 aliphatic carbocycles. The summed E-state index contributed by atoms with van der Waals surface area (Å²) in [6.07, 6.45) is 8.96. The Balaban J connectivity index is 1.25. The van der Waals surface area contributed by atoms with Crippen molar-refractivity contribution in [2.24, 2.45) is 5.92 Å². The van der Waals surface area contributed by atoms with Crippen LogP contribution in [0, 0.1) is 19.8 Å². The molecule has 1 saturated carbocycles. The molecular weight excluding hydrogens is 438 g/mol. The fourth-order valence-corrected chi connectivity index (χ4v) is 5.63. The molecular formula is C29H37N3O3. The van der Waals surface area contributed by atoms with Gasteiger partial charge in [-0.3, -0.25) is 4.79 Å². The van der Waals surface area contributed by atoms with Gasteiger partial charge in [-0.05, 0) is 68.4 Å². The van der Waals surface area contributed by atoms with Crippen LogP contribution in [0.15, 0.2) is 40.9 Å². The number of piperidine rings is 1. The van der Waals surface area contributed by atoms with Crippen molar-refractivity contribution in [3.8, 4) is 5.75 Å². The molecule has 0 radical (unpaired) electrons. The van der Waals surface area contributed by atoms with Crippen LogP contribution in [0.1, 0.15) is 72.3 Å². The molecule has 0 atom stereocenters. The summed E-state index contributed by atoms with van der Waals surface area (Å²) >= 11 is 0. The predicted molar refractivity (Wildman–Crippen MR) is 138 cm³/mol. The van der Waals surface area contributed by atoms with Crippen LogP contribution in [-0.4, -0.2) is 41.6 Å². The van der Waals surface area contributed by atoms with Crippen LogP contribution in [-0.2, 0) is 6.61 Å². The van der Waals surface area contributed by atoms with E-state index in [4.69, 9.17) is 9.26 Å². The highest BCUT2D eigenvalue weighted by atomic mass is 16.5. The highest BCUT2D eigenvalue weighted by molar-refractivity contribution is 6.01. The minimum Gasteiger partial charge on any atom is -0.488 e. The van der Waals surface area contributed by atoms with E-state index in [1.54, 1.807) is 0 Å². The third kappa shape index (κ3) is 5.69. The second kappa shape index (κ2) is 10.8.